The summed E-state index contributed by atoms with van der Waals surface area (Å²) >= 11 is 3.66. The van der Waals surface area contributed by atoms with Gasteiger partial charge in [-0.3, -0.25) is 0 Å². The van der Waals surface area contributed by atoms with Crippen LogP contribution in [0.25, 0.3) is 0 Å². The molecule has 0 spiro atoms. The Labute approximate surface area is 105 Å². The van der Waals surface area contributed by atoms with Crippen LogP contribution in [-0.4, -0.2) is 18.1 Å². The smallest absolute Gasteiger partial charge is 0.0515 e. The van der Waals surface area contributed by atoms with Gasteiger partial charge in [0.2, 0.25) is 0 Å². The minimum Gasteiger partial charge on any atom is -0.365 e. The maximum Gasteiger partial charge on any atom is 0.0515 e. The van der Waals surface area contributed by atoms with E-state index in [2.05, 4.69) is 45.1 Å². The van der Waals surface area contributed by atoms with Gasteiger partial charge in [-0.2, -0.15) is 0 Å². The fourth-order valence-electron chi connectivity index (χ4n) is 3.27. The number of halogens is 1. The Morgan fingerprint density at radius 3 is 2.38 bits per heavy atom. The van der Waals surface area contributed by atoms with E-state index >= 15 is 0 Å². The lowest BCUT2D eigenvalue weighted by Gasteiger charge is -2.40. The summed E-state index contributed by atoms with van der Waals surface area (Å²) in [6, 6.07) is 10.3. The minimum atomic E-state index is 0.413. The number of rotatable bonds is 1. The monoisotopic (exact) mass is 280 g/mol. The zero-order chi connectivity index (χ0) is 11.1. The molecule has 2 nitrogen and oxygen atoms in total. The van der Waals surface area contributed by atoms with E-state index in [-0.39, 0.29) is 0 Å². The Morgan fingerprint density at radius 2 is 1.75 bits per heavy atom. The Morgan fingerprint density at radius 1 is 1.12 bits per heavy atom. The first-order chi connectivity index (χ1) is 7.75. The standard InChI is InChI=1S/C13H17BrN2/c14-12-3-1-2-4-13(12)16-10-5-6-11(16)8-9(15)7-10/h1-4,9-11H,5-8,15H2. The maximum absolute atomic E-state index is 6.10. The highest BCUT2D eigenvalue weighted by molar-refractivity contribution is 9.10. The highest BCUT2D eigenvalue weighted by Crippen LogP contribution is 2.41. The Balaban J connectivity index is 1.94. The van der Waals surface area contributed by atoms with Gasteiger partial charge in [0, 0.05) is 22.6 Å². The Bertz CT molecular complexity index is 379. The van der Waals surface area contributed by atoms with Crippen molar-refractivity contribution >= 4 is 21.6 Å². The number of nitrogens with zero attached hydrogens (tertiary/aromatic N) is 1. The van der Waals surface area contributed by atoms with Gasteiger partial charge >= 0.3 is 0 Å². The van der Waals surface area contributed by atoms with Gasteiger partial charge in [0.1, 0.15) is 0 Å². The lowest BCUT2D eigenvalue weighted by atomic mass is 9.97. The van der Waals surface area contributed by atoms with E-state index in [1.165, 1.54) is 23.0 Å². The van der Waals surface area contributed by atoms with Crippen LogP contribution in [0.1, 0.15) is 25.7 Å². The molecule has 2 N–H and O–H groups in total. The number of hydrogen-bond acceptors (Lipinski definition) is 2. The molecule has 0 radical (unpaired) electrons. The lowest BCUT2D eigenvalue weighted by molar-refractivity contribution is 0.414. The van der Waals surface area contributed by atoms with Crippen LogP contribution in [-0.2, 0) is 0 Å². The number of fused-ring (bicyclic) bond motifs is 2. The van der Waals surface area contributed by atoms with Crippen molar-refractivity contribution < 1.29 is 0 Å². The zero-order valence-electron chi connectivity index (χ0n) is 9.27. The Kier molecular flexibility index (Phi) is 2.68. The summed E-state index contributed by atoms with van der Waals surface area (Å²) in [5.41, 5.74) is 7.44. The average molecular weight is 281 g/mol. The molecule has 0 saturated carbocycles. The van der Waals surface area contributed by atoms with Crippen LogP contribution in [0, 0.1) is 0 Å². The largest absolute Gasteiger partial charge is 0.365 e. The maximum atomic E-state index is 6.10. The summed E-state index contributed by atoms with van der Waals surface area (Å²) in [6.07, 6.45) is 4.91. The molecule has 1 aromatic rings. The molecule has 0 aromatic heterocycles. The normalized spacial score (nSPS) is 33.1. The van der Waals surface area contributed by atoms with E-state index in [0.29, 0.717) is 18.1 Å². The second kappa shape index (κ2) is 4.04. The molecule has 3 rings (SSSR count). The number of anilines is 1. The molecule has 2 aliphatic rings. The van der Waals surface area contributed by atoms with Crippen molar-refractivity contribution in [1.82, 2.24) is 0 Å². The van der Waals surface area contributed by atoms with E-state index in [1.807, 2.05) is 0 Å². The molecule has 2 bridgehead atoms. The van der Waals surface area contributed by atoms with Crippen molar-refractivity contribution in [2.75, 3.05) is 4.90 Å². The second-order valence-corrected chi connectivity index (χ2v) is 5.83. The summed E-state index contributed by atoms with van der Waals surface area (Å²) in [4.78, 5) is 2.59. The summed E-state index contributed by atoms with van der Waals surface area (Å²) in [5.74, 6) is 0. The number of nitrogens with two attached hydrogens (primary N) is 1. The highest BCUT2D eigenvalue weighted by Gasteiger charge is 2.40. The topological polar surface area (TPSA) is 29.3 Å². The first-order valence-corrected chi connectivity index (χ1v) is 6.83. The van der Waals surface area contributed by atoms with Crippen molar-refractivity contribution in [2.24, 2.45) is 5.73 Å². The van der Waals surface area contributed by atoms with Gasteiger partial charge in [-0.15, -0.1) is 0 Å². The number of hydrogen-bond donors (Lipinski definition) is 1. The predicted octanol–water partition coefficient (Wildman–Crippen LogP) is 2.91. The van der Waals surface area contributed by atoms with Crippen LogP contribution < -0.4 is 10.6 Å². The molecule has 2 unspecified atom stereocenters. The minimum absolute atomic E-state index is 0.413. The molecule has 0 amide bonds. The van der Waals surface area contributed by atoms with Crippen LogP contribution in [0.4, 0.5) is 5.69 Å². The van der Waals surface area contributed by atoms with Crippen molar-refractivity contribution in [1.29, 1.82) is 0 Å². The highest BCUT2D eigenvalue weighted by atomic mass is 79.9. The lowest BCUT2D eigenvalue weighted by Crippen LogP contribution is -2.47. The molecule has 2 atom stereocenters. The van der Waals surface area contributed by atoms with Crippen molar-refractivity contribution in [3.05, 3.63) is 28.7 Å². The molecule has 2 aliphatic heterocycles. The molecule has 2 fully saturated rings. The molecule has 2 heterocycles. The van der Waals surface area contributed by atoms with E-state index in [9.17, 15) is 0 Å². The first kappa shape index (κ1) is 10.6. The van der Waals surface area contributed by atoms with Gasteiger partial charge in [0.15, 0.2) is 0 Å². The van der Waals surface area contributed by atoms with Gasteiger partial charge in [-0.1, -0.05) is 12.1 Å². The third-order valence-corrected chi connectivity index (χ3v) is 4.57. The quantitative estimate of drug-likeness (QED) is 0.857. The fraction of sp³-hybridized carbons (Fsp3) is 0.538. The van der Waals surface area contributed by atoms with Gasteiger partial charge in [-0.25, -0.2) is 0 Å². The van der Waals surface area contributed by atoms with Crippen LogP contribution in [0.2, 0.25) is 0 Å². The first-order valence-electron chi connectivity index (χ1n) is 6.04. The molecular weight excluding hydrogens is 264 g/mol. The molecule has 2 saturated heterocycles. The average Bonchev–Trinajstić information content (AvgIpc) is 2.53. The number of benzene rings is 1. The summed E-state index contributed by atoms with van der Waals surface area (Å²) in [7, 11) is 0. The second-order valence-electron chi connectivity index (χ2n) is 4.98. The van der Waals surface area contributed by atoms with E-state index in [0.717, 1.165) is 12.8 Å². The summed E-state index contributed by atoms with van der Waals surface area (Å²) in [6.45, 7) is 0. The zero-order valence-corrected chi connectivity index (χ0v) is 10.9. The third kappa shape index (κ3) is 1.66. The van der Waals surface area contributed by atoms with Crippen molar-refractivity contribution in [3.63, 3.8) is 0 Å². The van der Waals surface area contributed by atoms with E-state index in [4.69, 9.17) is 5.73 Å². The summed E-state index contributed by atoms with van der Waals surface area (Å²) in [5, 5.41) is 0. The Hall–Kier alpha value is -0.540. The van der Waals surface area contributed by atoms with Gasteiger partial charge in [0.25, 0.3) is 0 Å². The molecule has 3 heteroatoms. The van der Waals surface area contributed by atoms with Gasteiger partial charge in [0.05, 0.1) is 5.69 Å². The van der Waals surface area contributed by atoms with Crippen LogP contribution in [0.15, 0.2) is 28.7 Å². The molecule has 86 valence electrons. The fourth-order valence-corrected chi connectivity index (χ4v) is 3.76. The van der Waals surface area contributed by atoms with Crippen molar-refractivity contribution in [3.8, 4) is 0 Å². The van der Waals surface area contributed by atoms with Crippen LogP contribution >= 0.6 is 15.9 Å². The van der Waals surface area contributed by atoms with E-state index in [1.54, 1.807) is 0 Å². The molecule has 1 aromatic carbocycles. The van der Waals surface area contributed by atoms with Crippen LogP contribution in [0.5, 0.6) is 0 Å². The molecular formula is C13H17BrN2. The molecule has 16 heavy (non-hydrogen) atoms. The van der Waals surface area contributed by atoms with E-state index < -0.39 is 0 Å². The number of piperidine rings is 1. The van der Waals surface area contributed by atoms with Crippen molar-refractivity contribution in [2.45, 2.75) is 43.8 Å². The summed E-state index contributed by atoms with van der Waals surface area (Å²) < 4.78 is 1.21. The SMILES string of the molecule is NC1CC2CCC(C1)N2c1ccccc1Br. The van der Waals surface area contributed by atoms with Gasteiger partial charge < -0.3 is 10.6 Å². The van der Waals surface area contributed by atoms with Gasteiger partial charge in [-0.05, 0) is 53.7 Å². The third-order valence-electron chi connectivity index (χ3n) is 3.90. The van der Waals surface area contributed by atoms with Crippen LogP contribution in [0.3, 0.4) is 0 Å². The predicted molar refractivity (Wildman–Crippen MR) is 70.6 cm³/mol. The number of para-hydroxylation sites is 1. The molecule has 0 aliphatic carbocycles.